The van der Waals surface area contributed by atoms with Crippen molar-refractivity contribution < 1.29 is 9.47 Å². The van der Waals surface area contributed by atoms with Gasteiger partial charge in [-0.2, -0.15) is 0 Å². The van der Waals surface area contributed by atoms with Crippen LogP contribution in [-0.2, 0) is 0 Å². The molecule has 100 valence electrons. The van der Waals surface area contributed by atoms with Crippen LogP contribution < -0.4 is 14.4 Å². The van der Waals surface area contributed by atoms with Gasteiger partial charge in [-0.05, 0) is 23.0 Å². The van der Waals surface area contributed by atoms with E-state index in [0.29, 0.717) is 0 Å². The molecule has 0 N–H and O–H groups in total. The highest BCUT2D eigenvalue weighted by Gasteiger charge is 2.19. The van der Waals surface area contributed by atoms with Gasteiger partial charge in [0.2, 0.25) is 0 Å². The predicted molar refractivity (Wildman–Crippen MR) is 77.0 cm³/mol. The van der Waals surface area contributed by atoms with Gasteiger partial charge >= 0.3 is 0 Å². The first kappa shape index (κ1) is 13.5. The second kappa shape index (κ2) is 5.80. The molecule has 1 aliphatic rings. The molecule has 0 saturated carbocycles. The predicted octanol–water partition coefficient (Wildman–Crippen LogP) is 2.22. The number of ether oxygens (including phenoxy) is 2. The van der Waals surface area contributed by atoms with Crippen molar-refractivity contribution in [3.05, 3.63) is 16.6 Å². The smallest absolute Gasteiger partial charge is 0.143 e. The molecule has 0 aromatic heterocycles. The van der Waals surface area contributed by atoms with Gasteiger partial charge in [-0.15, -0.1) is 0 Å². The van der Waals surface area contributed by atoms with E-state index < -0.39 is 0 Å². The largest absolute Gasteiger partial charge is 0.495 e. The summed E-state index contributed by atoms with van der Waals surface area (Å²) in [4.78, 5) is 4.67. The van der Waals surface area contributed by atoms with Crippen molar-refractivity contribution in [2.45, 2.75) is 0 Å². The van der Waals surface area contributed by atoms with Crippen LogP contribution in [0, 0.1) is 0 Å². The van der Waals surface area contributed by atoms with Crippen molar-refractivity contribution in [1.82, 2.24) is 4.90 Å². The second-order valence-corrected chi connectivity index (χ2v) is 5.30. The van der Waals surface area contributed by atoms with Crippen LogP contribution in [0.3, 0.4) is 0 Å². The minimum absolute atomic E-state index is 0.838. The zero-order valence-corrected chi connectivity index (χ0v) is 12.7. The molecule has 4 nitrogen and oxygen atoms in total. The molecule has 18 heavy (non-hydrogen) atoms. The highest BCUT2D eigenvalue weighted by Crippen LogP contribution is 2.38. The SMILES string of the molecule is COc1cc(N2CCN(C)CC2)c(OC)cc1Br. The van der Waals surface area contributed by atoms with Crippen LogP contribution >= 0.6 is 15.9 Å². The van der Waals surface area contributed by atoms with Gasteiger partial charge in [0.05, 0.1) is 24.4 Å². The molecule has 1 heterocycles. The van der Waals surface area contributed by atoms with E-state index in [1.54, 1.807) is 14.2 Å². The average Bonchev–Trinajstić information content (AvgIpc) is 2.39. The van der Waals surface area contributed by atoms with Crippen LogP contribution in [0.15, 0.2) is 16.6 Å². The maximum absolute atomic E-state index is 5.46. The first-order valence-electron chi connectivity index (χ1n) is 6.00. The normalized spacial score (nSPS) is 16.8. The fourth-order valence-electron chi connectivity index (χ4n) is 2.14. The van der Waals surface area contributed by atoms with Gasteiger partial charge in [-0.3, -0.25) is 0 Å². The third kappa shape index (κ3) is 2.72. The Morgan fingerprint density at radius 2 is 1.61 bits per heavy atom. The summed E-state index contributed by atoms with van der Waals surface area (Å²) in [7, 11) is 5.53. The molecule has 0 bridgehead atoms. The van der Waals surface area contributed by atoms with Crippen LogP contribution in [0.1, 0.15) is 0 Å². The lowest BCUT2D eigenvalue weighted by Crippen LogP contribution is -2.44. The number of anilines is 1. The molecule has 0 unspecified atom stereocenters. The quantitative estimate of drug-likeness (QED) is 0.854. The first-order valence-corrected chi connectivity index (χ1v) is 6.80. The summed E-state index contributed by atoms with van der Waals surface area (Å²) in [5.41, 5.74) is 1.10. The van der Waals surface area contributed by atoms with E-state index in [4.69, 9.17) is 9.47 Å². The highest BCUT2D eigenvalue weighted by atomic mass is 79.9. The Morgan fingerprint density at radius 1 is 1.00 bits per heavy atom. The molecule has 0 aliphatic carbocycles. The maximum Gasteiger partial charge on any atom is 0.143 e. The molecule has 1 aromatic rings. The number of likely N-dealkylation sites (N-methyl/N-ethyl adjacent to an activating group) is 1. The summed E-state index contributed by atoms with van der Waals surface area (Å²) in [6.45, 7) is 4.17. The fourth-order valence-corrected chi connectivity index (χ4v) is 2.62. The Labute approximate surface area is 117 Å². The van der Waals surface area contributed by atoms with Crippen molar-refractivity contribution in [2.75, 3.05) is 52.3 Å². The van der Waals surface area contributed by atoms with Crippen molar-refractivity contribution >= 4 is 21.6 Å². The Hall–Kier alpha value is -0.940. The number of hydrogen-bond donors (Lipinski definition) is 0. The van der Waals surface area contributed by atoms with E-state index >= 15 is 0 Å². The van der Waals surface area contributed by atoms with Crippen LogP contribution in [0.4, 0.5) is 5.69 Å². The first-order chi connectivity index (χ1) is 8.65. The number of benzene rings is 1. The van der Waals surface area contributed by atoms with Crippen LogP contribution in [0.5, 0.6) is 11.5 Å². The maximum atomic E-state index is 5.46. The molecule has 5 heteroatoms. The van der Waals surface area contributed by atoms with Gasteiger partial charge in [0.15, 0.2) is 0 Å². The Balaban J connectivity index is 2.30. The Bertz CT molecular complexity index is 418. The fraction of sp³-hybridized carbons (Fsp3) is 0.538. The molecule has 1 aromatic carbocycles. The lowest BCUT2D eigenvalue weighted by atomic mass is 10.2. The minimum atomic E-state index is 0.838. The number of rotatable bonds is 3. The number of nitrogens with zero attached hydrogens (tertiary/aromatic N) is 2. The van der Waals surface area contributed by atoms with Gasteiger partial charge in [0.1, 0.15) is 11.5 Å². The second-order valence-electron chi connectivity index (χ2n) is 4.45. The van der Waals surface area contributed by atoms with E-state index in [9.17, 15) is 0 Å². The lowest BCUT2D eigenvalue weighted by molar-refractivity contribution is 0.310. The number of piperazine rings is 1. The number of halogens is 1. The third-order valence-corrected chi connectivity index (χ3v) is 3.92. The third-order valence-electron chi connectivity index (χ3n) is 3.30. The zero-order valence-electron chi connectivity index (χ0n) is 11.1. The Kier molecular flexibility index (Phi) is 4.35. The summed E-state index contributed by atoms with van der Waals surface area (Å²) in [5, 5.41) is 0. The monoisotopic (exact) mass is 314 g/mol. The minimum Gasteiger partial charge on any atom is -0.495 e. The summed E-state index contributed by atoms with van der Waals surface area (Å²) < 4.78 is 11.7. The molecule has 2 rings (SSSR count). The van der Waals surface area contributed by atoms with Crippen molar-refractivity contribution in [2.24, 2.45) is 0 Å². The molecule has 0 spiro atoms. The molecule has 0 amide bonds. The average molecular weight is 315 g/mol. The number of methoxy groups -OCH3 is 2. The van der Waals surface area contributed by atoms with Crippen LogP contribution in [0.2, 0.25) is 0 Å². The van der Waals surface area contributed by atoms with Gasteiger partial charge < -0.3 is 19.3 Å². The Morgan fingerprint density at radius 3 is 2.17 bits per heavy atom. The highest BCUT2D eigenvalue weighted by molar-refractivity contribution is 9.10. The molecular formula is C13H19BrN2O2. The van der Waals surface area contributed by atoms with Gasteiger partial charge in [0.25, 0.3) is 0 Å². The molecule has 0 atom stereocenters. The van der Waals surface area contributed by atoms with Crippen molar-refractivity contribution in [3.8, 4) is 11.5 Å². The van der Waals surface area contributed by atoms with E-state index in [0.717, 1.165) is 47.8 Å². The summed E-state index contributed by atoms with van der Waals surface area (Å²) in [5.74, 6) is 1.72. The van der Waals surface area contributed by atoms with Gasteiger partial charge in [-0.1, -0.05) is 0 Å². The lowest BCUT2D eigenvalue weighted by Gasteiger charge is -2.35. The van der Waals surface area contributed by atoms with E-state index in [-0.39, 0.29) is 0 Å². The van der Waals surface area contributed by atoms with E-state index in [2.05, 4.69) is 32.8 Å². The zero-order chi connectivity index (χ0) is 13.1. The number of hydrogen-bond acceptors (Lipinski definition) is 4. The summed E-state index contributed by atoms with van der Waals surface area (Å²) >= 11 is 3.48. The van der Waals surface area contributed by atoms with Gasteiger partial charge in [-0.25, -0.2) is 0 Å². The van der Waals surface area contributed by atoms with Crippen molar-refractivity contribution in [3.63, 3.8) is 0 Å². The van der Waals surface area contributed by atoms with Crippen LogP contribution in [0.25, 0.3) is 0 Å². The standard InChI is InChI=1S/C13H19BrN2O2/c1-15-4-6-16(7-5-15)11-9-12(17-2)10(14)8-13(11)18-3/h8-9H,4-7H2,1-3H3. The molecule has 1 aliphatic heterocycles. The van der Waals surface area contributed by atoms with Crippen LogP contribution in [-0.4, -0.2) is 52.3 Å². The van der Waals surface area contributed by atoms with Crippen molar-refractivity contribution in [1.29, 1.82) is 0 Å². The summed E-state index contributed by atoms with van der Waals surface area (Å²) in [6.07, 6.45) is 0. The van der Waals surface area contributed by atoms with Gasteiger partial charge in [0, 0.05) is 38.3 Å². The molecule has 0 radical (unpaired) electrons. The van der Waals surface area contributed by atoms with E-state index in [1.807, 2.05) is 12.1 Å². The van der Waals surface area contributed by atoms with E-state index in [1.165, 1.54) is 0 Å². The topological polar surface area (TPSA) is 24.9 Å². The summed E-state index contributed by atoms with van der Waals surface area (Å²) in [6, 6.07) is 4.00. The molecular weight excluding hydrogens is 296 g/mol. The molecule has 1 fully saturated rings. The molecule has 1 saturated heterocycles.